The average molecular weight is 233 g/mol. The standard InChI is InChI=1S/C9H6Cl2OS/c1-12-9-8(11)6-3-2-5(10)4-7(6)13-9/h2-4H,1H3. The second-order valence-corrected chi connectivity index (χ2v) is 4.38. The lowest BCUT2D eigenvalue weighted by atomic mass is 10.3. The Bertz CT molecular complexity index is 450. The van der Waals surface area contributed by atoms with Gasteiger partial charge in [-0.1, -0.05) is 40.6 Å². The summed E-state index contributed by atoms with van der Waals surface area (Å²) in [5, 5.41) is 3.11. The summed E-state index contributed by atoms with van der Waals surface area (Å²) in [6.07, 6.45) is 0. The van der Waals surface area contributed by atoms with Gasteiger partial charge < -0.3 is 4.74 Å². The number of thiophene rings is 1. The SMILES string of the molecule is COc1sc2cc(Cl)ccc2c1Cl. The van der Waals surface area contributed by atoms with Gasteiger partial charge in [-0.3, -0.25) is 0 Å². The van der Waals surface area contributed by atoms with E-state index >= 15 is 0 Å². The molecule has 1 nitrogen and oxygen atoms in total. The van der Waals surface area contributed by atoms with Gasteiger partial charge in [0.25, 0.3) is 0 Å². The Hall–Kier alpha value is -0.440. The molecule has 0 fully saturated rings. The lowest BCUT2D eigenvalue weighted by molar-refractivity contribution is 0.427. The van der Waals surface area contributed by atoms with E-state index in [0.29, 0.717) is 10.0 Å². The third kappa shape index (κ3) is 1.50. The van der Waals surface area contributed by atoms with E-state index in [1.54, 1.807) is 7.11 Å². The molecule has 0 saturated heterocycles. The van der Waals surface area contributed by atoms with Gasteiger partial charge in [-0.05, 0) is 12.1 Å². The fourth-order valence-corrected chi connectivity index (χ4v) is 2.75. The maximum Gasteiger partial charge on any atom is 0.193 e. The average Bonchev–Trinajstić information content (AvgIpc) is 2.42. The van der Waals surface area contributed by atoms with Crippen molar-refractivity contribution in [2.24, 2.45) is 0 Å². The minimum atomic E-state index is 0.666. The van der Waals surface area contributed by atoms with Crippen molar-refractivity contribution >= 4 is 44.6 Å². The molecule has 0 atom stereocenters. The summed E-state index contributed by atoms with van der Waals surface area (Å²) in [5.41, 5.74) is 0. The number of hydrogen-bond donors (Lipinski definition) is 0. The summed E-state index contributed by atoms with van der Waals surface area (Å²) >= 11 is 13.4. The van der Waals surface area contributed by atoms with Crippen molar-refractivity contribution in [2.75, 3.05) is 7.11 Å². The Morgan fingerprint density at radius 2 is 2.08 bits per heavy atom. The molecule has 0 saturated carbocycles. The van der Waals surface area contributed by atoms with Crippen molar-refractivity contribution in [3.8, 4) is 5.06 Å². The number of rotatable bonds is 1. The normalized spacial score (nSPS) is 10.7. The molecular weight excluding hydrogens is 227 g/mol. The number of halogens is 2. The lowest BCUT2D eigenvalue weighted by Crippen LogP contribution is -1.75. The Balaban J connectivity index is 2.76. The van der Waals surface area contributed by atoms with Crippen LogP contribution in [0.4, 0.5) is 0 Å². The molecule has 13 heavy (non-hydrogen) atoms. The molecule has 0 aliphatic heterocycles. The van der Waals surface area contributed by atoms with Crippen molar-refractivity contribution in [2.45, 2.75) is 0 Å². The molecule has 0 radical (unpaired) electrons. The van der Waals surface area contributed by atoms with Gasteiger partial charge in [-0.15, -0.1) is 0 Å². The molecule has 0 unspecified atom stereocenters. The van der Waals surface area contributed by atoms with Crippen LogP contribution in [0.3, 0.4) is 0 Å². The molecule has 2 rings (SSSR count). The van der Waals surface area contributed by atoms with E-state index < -0.39 is 0 Å². The van der Waals surface area contributed by atoms with E-state index in [2.05, 4.69) is 0 Å². The van der Waals surface area contributed by atoms with E-state index in [1.807, 2.05) is 18.2 Å². The van der Waals surface area contributed by atoms with Crippen LogP contribution in [0, 0.1) is 0 Å². The third-order valence-corrected chi connectivity index (χ3v) is 3.58. The maximum atomic E-state index is 6.05. The fourth-order valence-electron chi connectivity index (χ4n) is 1.15. The molecule has 1 aromatic carbocycles. The fraction of sp³-hybridized carbons (Fsp3) is 0.111. The predicted octanol–water partition coefficient (Wildman–Crippen LogP) is 4.22. The summed E-state index contributed by atoms with van der Waals surface area (Å²) in [7, 11) is 1.61. The van der Waals surface area contributed by atoms with Gasteiger partial charge in [-0.2, -0.15) is 0 Å². The van der Waals surface area contributed by atoms with Crippen LogP contribution in [0.5, 0.6) is 5.06 Å². The molecule has 0 amide bonds. The van der Waals surface area contributed by atoms with Gasteiger partial charge in [0, 0.05) is 15.1 Å². The van der Waals surface area contributed by atoms with Crippen LogP contribution in [-0.2, 0) is 0 Å². The summed E-state index contributed by atoms with van der Waals surface area (Å²) in [6.45, 7) is 0. The van der Waals surface area contributed by atoms with Crippen molar-refractivity contribution < 1.29 is 4.74 Å². The molecule has 0 aliphatic carbocycles. The molecule has 1 heterocycles. The number of benzene rings is 1. The highest BCUT2D eigenvalue weighted by atomic mass is 35.5. The monoisotopic (exact) mass is 232 g/mol. The van der Waals surface area contributed by atoms with Crippen molar-refractivity contribution in [1.29, 1.82) is 0 Å². The first-order chi connectivity index (χ1) is 6.22. The zero-order valence-electron chi connectivity index (χ0n) is 6.80. The van der Waals surface area contributed by atoms with Gasteiger partial charge in [-0.25, -0.2) is 0 Å². The largest absolute Gasteiger partial charge is 0.486 e. The number of ether oxygens (including phenoxy) is 1. The number of fused-ring (bicyclic) bond motifs is 1. The van der Waals surface area contributed by atoms with Crippen LogP contribution in [-0.4, -0.2) is 7.11 Å². The summed E-state index contributed by atoms with van der Waals surface area (Å²) in [4.78, 5) is 0. The maximum absolute atomic E-state index is 6.05. The summed E-state index contributed by atoms with van der Waals surface area (Å²) in [5.74, 6) is 0. The Labute approximate surface area is 89.8 Å². The van der Waals surface area contributed by atoms with Crippen LogP contribution >= 0.6 is 34.5 Å². The van der Waals surface area contributed by atoms with Crippen LogP contribution in [0.1, 0.15) is 0 Å². The van der Waals surface area contributed by atoms with E-state index in [-0.39, 0.29) is 0 Å². The summed E-state index contributed by atoms with van der Waals surface area (Å²) in [6, 6.07) is 5.61. The minimum absolute atomic E-state index is 0.666. The zero-order valence-corrected chi connectivity index (χ0v) is 9.13. The molecule has 0 N–H and O–H groups in total. The summed E-state index contributed by atoms with van der Waals surface area (Å²) < 4.78 is 6.16. The molecular formula is C9H6Cl2OS. The Kier molecular flexibility index (Phi) is 2.37. The minimum Gasteiger partial charge on any atom is -0.486 e. The molecule has 1 aromatic heterocycles. The first kappa shape index (κ1) is 9.13. The van der Waals surface area contributed by atoms with Crippen molar-refractivity contribution in [1.82, 2.24) is 0 Å². The molecule has 4 heteroatoms. The van der Waals surface area contributed by atoms with Crippen LogP contribution < -0.4 is 4.74 Å². The van der Waals surface area contributed by atoms with E-state index in [9.17, 15) is 0 Å². The number of hydrogen-bond acceptors (Lipinski definition) is 2. The first-order valence-corrected chi connectivity index (χ1v) is 5.21. The smallest absolute Gasteiger partial charge is 0.193 e. The predicted molar refractivity (Wildman–Crippen MR) is 58.4 cm³/mol. The van der Waals surface area contributed by atoms with Crippen LogP contribution in [0.15, 0.2) is 18.2 Å². The van der Waals surface area contributed by atoms with Crippen LogP contribution in [0.2, 0.25) is 10.0 Å². The van der Waals surface area contributed by atoms with Gasteiger partial charge in [0.15, 0.2) is 5.06 Å². The molecule has 2 aromatic rings. The van der Waals surface area contributed by atoms with E-state index in [1.165, 1.54) is 11.3 Å². The molecule has 0 bridgehead atoms. The quantitative estimate of drug-likeness (QED) is 0.716. The van der Waals surface area contributed by atoms with Gasteiger partial charge in [0.2, 0.25) is 0 Å². The van der Waals surface area contributed by atoms with Crippen molar-refractivity contribution in [3.63, 3.8) is 0 Å². The first-order valence-electron chi connectivity index (χ1n) is 3.64. The second-order valence-electron chi connectivity index (χ2n) is 2.55. The zero-order chi connectivity index (χ0) is 9.42. The molecule has 68 valence electrons. The highest BCUT2D eigenvalue weighted by Crippen LogP contribution is 2.41. The Morgan fingerprint density at radius 1 is 1.31 bits per heavy atom. The number of methoxy groups -OCH3 is 1. The Morgan fingerprint density at radius 3 is 2.77 bits per heavy atom. The van der Waals surface area contributed by atoms with Gasteiger partial charge in [0.05, 0.1) is 7.11 Å². The third-order valence-electron chi connectivity index (χ3n) is 1.75. The highest BCUT2D eigenvalue weighted by Gasteiger charge is 2.10. The van der Waals surface area contributed by atoms with E-state index in [0.717, 1.165) is 15.1 Å². The topological polar surface area (TPSA) is 9.23 Å². The van der Waals surface area contributed by atoms with Gasteiger partial charge >= 0.3 is 0 Å². The molecule has 0 spiro atoms. The second kappa shape index (κ2) is 3.37. The lowest BCUT2D eigenvalue weighted by Gasteiger charge is -1.92. The van der Waals surface area contributed by atoms with Crippen LogP contribution in [0.25, 0.3) is 10.1 Å². The molecule has 0 aliphatic rings. The van der Waals surface area contributed by atoms with Crippen molar-refractivity contribution in [3.05, 3.63) is 28.2 Å². The van der Waals surface area contributed by atoms with Gasteiger partial charge in [0.1, 0.15) is 5.02 Å². The highest BCUT2D eigenvalue weighted by molar-refractivity contribution is 7.21. The van der Waals surface area contributed by atoms with E-state index in [4.69, 9.17) is 27.9 Å².